The number of hydrogen-bond donors (Lipinski definition) is 1. The number of nitrogens with zero attached hydrogens (tertiary/aromatic N) is 1. The van der Waals surface area contributed by atoms with Gasteiger partial charge < -0.3 is 10.1 Å². The standard InChI is InChI=1S/C12H21F3N2O/c1-9-6-11(2-5-18-9)17-4-3-16-7-10(8-17)12(13,14)15/h9-11,16H,2-8H2,1H3. The second kappa shape index (κ2) is 5.75. The van der Waals surface area contributed by atoms with Gasteiger partial charge in [0.2, 0.25) is 0 Å². The lowest BCUT2D eigenvalue weighted by Crippen LogP contribution is -2.46. The first kappa shape index (κ1) is 14.1. The molecule has 2 heterocycles. The first-order chi connectivity index (χ1) is 8.47. The molecule has 3 unspecified atom stereocenters. The fourth-order valence-corrected chi connectivity index (χ4v) is 2.79. The number of rotatable bonds is 1. The smallest absolute Gasteiger partial charge is 0.378 e. The minimum absolute atomic E-state index is 0.0404. The van der Waals surface area contributed by atoms with Crippen LogP contribution >= 0.6 is 0 Å². The first-order valence-corrected chi connectivity index (χ1v) is 6.60. The van der Waals surface area contributed by atoms with Gasteiger partial charge in [-0.15, -0.1) is 0 Å². The van der Waals surface area contributed by atoms with E-state index >= 15 is 0 Å². The van der Waals surface area contributed by atoms with Gasteiger partial charge in [-0.05, 0) is 19.8 Å². The summed E-state index contributed by atoms with van der Waals surface area (Å²) >= 11 is 0. The van der Waals surface area contributed by atoms with E-state index in [4.69, 9.17) is 4.74 Å². The Bertz CT molecular complexity index is 273. The van der Waals surface area contributed by atoms with Crippen LogP contribution in [0.5, 0.6) is 0 Å². The third-order valence-corrected chi connectivity index (χ3v) is 3.86. The molecule has 2 aliphatic rings. The van der Waals surface area contributed by atoms with Crippen LogP contribution in [0.1, 0.15) is 19.8 Å². The van der Waals surface area contributed by atoms with E-state index in [0.717, 1.165) is 12.8 Å². The van der Waals surface area contributed by atoms with Crippen LogP contribution in [-0.2, 0) is 4.74 Å². The topological polar surface area (TPSA) is 24.5 Å². The minimum Gasteiger partial charge on any atom is -0.378 e. The van der Waals surface area contributed by atoms with Gasteiger partial charge in [-0.3, -0.25) is 4.90 Å². The first-order valence-electron chi connectivity index (χ1n) is 6.60. The molecule has 6 heteroatoms. The Hall–Kier alpha value is -0.330. The van der Waals surface area contributed by atoms with Gasteiger partial charge in [0.25, 0.3) is 0 Å². The lowest BCUT2D eigenvalue weighted by molar-refractivity contribution is -0.178. The summed E-state index contributed by atoms with van der Waals surface area (Å²) in [5, 5.41) is 2.89. The number of alkyl halides is 3. The Labute approximate surface area is 106 Å². The van der Waals surface area contributed by atoms with Gasteiger partial charge in [-0.2, -0.15) is 13.2 Å². The quantitative estimate of drug-likeness (QED) is 0.781. The third kappa shape index (κ3) is 3.59. The van der Waals surface area contributed by atoms with Crippen LogP contribution in [0.3, 0.4) is 0 Å². The van der Waals surface area contributed by atoms with Crippen molar-refractivity contribution in [2.75, 3.05) is 32.8 Å². The molecule has 2 rings (SSSR count). The molecule has 3 atom stereocenters. The van der Waals surface area contributed by atoms with Crippen molar-refractivity contribution in [3.05, 3.63) is 0 Å². The normalized spacial score (nSPS) is 36.3. The van der Waals surface area contributed by atoms with Crippen LogP contribution in [0.25, 0.3) is 0 Å². The van der Waals surface area contributed by atoms with Crippen molar-refractivity contribution in [2.45, 2.75) is 38.1 Å². The van der Waals surface area contributed by atoms with Crippen LogP contribution in [0, 0.1) is 5.92 Å². The fraction of sp³-hybridized carbons (Fsp3) is 1.00. The zero-order valence-corrected chi connectivity index (χ0v) is 10.7. The summed E-state index contributed by atoms with van der Waals surface area (Å²) in [6.45, 7) is 4.14. The summed E-state index contributed by atoms with van der Waals surface area (Å²) in [5.74, 6) is -1.25. The van der Waals surface area contributed by atoms with Crippen molar-refractivity contribution < 1.29 is 17.9 Å². The Balaban J connectivity index is 1.98. The van der Waals surface area contributed by atoms with Gasteiger partial charge in [0.1, 0.15) is 0 Å². The van der Waals surface area contributed by atoms with Crippen LogP contribution in [-0.4, -0.2) is 56.0 Å². The van der Waals surface area contributed by atoms with Crippen molar-refractivity contribution in [1.82, 2.24) is 10.2 Å². The molecule has 0 aromatic carbocycles. The highest BCUT2D eigenvalue weighted by Crippen LogP contribution is 2.29. The van der Waals surface area contributed by atoms with E-state index in [1.54, 1.807) is 0 Å². The van der Waals surface area contributed by atoms with Crippen LogP contribution in [0.15, 0.2) is 0 Å². The summed E-state index contributed by atoms with van der Waals surface area (Å²) < 4.78 is 44.0. The van der Waals surface area contributed by atoms with Gasteiger partial charge in [0.05, 0.1) is 12.0 Å². The maximum absolute atomic E-state index is 12.8. The van der Waals surface area contributed by atoms with Crippen LogP contribution in [0.2, 0.25) is 0 Å². The highest BCUT2D eigenvalue weighted by atomic mass is 19.4. The Morgan fingerprint density at radius 2 is 2.11 bits per heavy atom. The lowest BCUT2D eigenvalue weighted by Gasteiger charge is -2.37. The molecule has 0 radical (unpaired) electrons. The summed E-state index contributed by atoms with van der Waals surface area (Å²) in [6.07, 6.45) is -2.27. The van der Waals surface area contributed by atoms with Crippen molar-refractivity contribution in [2.24, 2.45) is 5.92 Å². The van der Waals surface area contributed by atoms with Gasteiger partial charge in [-0.25, -0.2) is 0 Å². The molecule has 0 spiro atoms. The van der Waals surface area contributed by atoms with E-state index in [2.05, 4.69) is 5.32 Å². The summed E-state index contributed by atoms with van der Waals surface area (Å²) in [5.41, 5.74) is 0. The van der Waals surface area contributed by atoms with Crippen molar-refractivity contribution in [3.8, 4) is 0 Å². The summed E-state index contributed by atoms with van der Waals surface area (Å²) in [6, 6.07) is 0.235. The lowest BCUT2D eigenvalue weighted by atomic mass is 10.0. The van der Waals surface area contributed by atoms with E-state index in [-0.39, 0.29) is 25.2 Å². The monoisotopic (exact) mass is 266 g/mol. The van der Waals surface area contributed by atoms with Crippen molar-refractivity contribution in [3.63, 3.8) is 0 Å². The molecule has 2 saturated heterocycles. The Morgan fingerprint density at radius 1 is 1.33 bits per heavy atom. The third-order valence-electron chi connectivity index (χ3n) is 3.86. The van der Waals surface area contributed by atoms with E-state index < -0.39 is 12.1 Å². The second-order valence-corrected chi connectivity index (χ2v) is 5.30. The number of ether oxygens (including phenoxy) is 1. The van der Waals surface area contributed by atoms with Gasteiger partial charge in [-0.1, -0.05) is 0 Å². The molecule has 0 aromatic rings. The molecule has 0 bridgehead atoms. The minimum atomic E-state index is -4.10. The highest BCUT2D eigenvalue weighted by molar-refractivity contribution is 4.85. The Morgan fingerprint density at radius 3 is 2.78 bits per heavy atom. The maximum atomic E-state index is 12.8. The van der Waals surface area contributed by atoms with Crippen molar-refractivity contribution >= 4 is 0 Å². The van der Waals surface area contributed by atoms with E-state index in [9.17, 15) is 13.2 Å². The van der Waals surface area contributed by atoms with Crippen LogP contribution in [0.4, 0.5) is 13.2 Å². The summed E-state index contributed by atoms with van der Waals surface area (Å²) in [4.78, 5) is 2.00. The van der Waals surface area contributed by atoms with Crippen molar-refractivity contribution in [1.29, 1.82) is 0 Å². The average molecular weight is 266 g/mol. The highest BCUT2D eigenvalue weighted by Gasteiger charge is 2.42. The maximum Gasteiger partial charge on any atom is 0.394 e. The zero-order chi connectivity index (χ0) is 13.2. The molecule has 2 fully saturated rings. The van der Waals surface area contributed by atoms with Gasteiger partial charge >= 0.3 is 6.18 Å². The molecule has 106 valence electrons. The molecule has 2 aliphatic heterocycles. The van der Waals surface area contributed by atoms with Gasteiger partial charge in [0.15, 0.2) is 0 Å². The molecule has 0 aliphatic carbocycles. The molecule has 0 saturated carbocycles. The van der Waals surface area contributed by atoms with Gasteiger partial charge in [0, 0.05) is 38.8 Å². The Kier molecular flexibility index (Phi) is 4.50. The van der Waals surface area contributed by atoms with E-state index in [0.29, 0.717) is 19.7 Å². The number of halogens is 3. The van der Waals surface area contributed by atoms with Crippen LogP contribution < -0.4 is 5.32 Å². The zero-order valence-electron chi connectivity index (χ0n) is 10.7. The second-order valence-electron chi connectivity index (χ2n) is 5.30. The van der Waals surface area contributed by atoms with E-state index in [1.165, 1.54) is 0 Å². The largest absolute Gasteiger partial charge is 0.394 e. The molecule has 18 heavy (non-hydrogen) atoms. The SMILES string of the molecule is CC1CC(N2CCNCC(C(F)(F)F)C2)CCO1. The predicted octanol–water partition coefficient (Wildman–Crippen LogP) is 1.64. The average Bonchev–Trinajstić information content (AvgIpc) is 2.53. The molecule has 0 amide bonds. The summed E-state index contributed by atoms with van der Waals surface area (Å²) in [7, 11) is 0. The molecule has 3 nitrogen and oxygen atoms in total. The predicted molar refractivity (Wildman–Crippen MR) is 62.4 cm³/mol. The molecule has 1 N–H and O–H groups in total. The molecular formula is C12H21F3N2O. The molecular weight excluding hydrogens is 245 g/mol. The fourth-order valence-electron chi connectivity index (χ4n) is 2.79. The van der Waals surface area contributed by atoms with E-state index in [1.807, 2.05) is 11.8 Å². The number of nitrogens with one attached hydrogen (secondary N) is 1. The molecule has 0 aromatic heterocycles. The number of hydrogen-bond acceptors (Lipinski definition) is 3.